The molecule has 0 aliphatic carbocycles. The zero-order valence-electron chi connectivity index (χ0n) is 9.70. The minimum absolute atomic E-state index is 0.0119. The highest BCUT2D eigenvalue weighted by Gasteiger charge is 2.21. The maximum absolute atomic E-state index is 10.8. The highest BCUT2D eigenvalue weighted by atomic mass is 16.5. The van der Waals surface area contributed by atoms with Gasteiger partial charge in [0.25, 0.3) is 0 Å². The summed E-state index contributed by atoms with van der Waals surface area (Å²) in [7, 11) is 1.30. The number of hydrogen-bond acceptors (Lipinski definition) is 6. The molecular weight excluding hydrogens is 238 g/mol. The average Bonchev–Trinajstić information content (AvgIpc) is 2.38. The maximum Gasteiger partial charge on any atom is 0.168 e. The lowest BCUT2D eigenvalue weighted by Crippen LogP contribution is -2.17. The molecule has 6 nitrogen and oxygen atoms in total. The Balaban J connectivity index is 3.17. The summed E-state index contributed by atoms with van der Waals surface area (Å²) in [6.07, 6.45) is -2.45. The Morgan fingerprint density at radius 3 is 2.67 bits per heavy atom. The van der Waals surface area contributed by atoms with Gasteiger partial charge in [-0.1, -0.05) is 0 Å². The van der Waals surface area contributed by atoms with Gasteiger partial charge in [-0.25, -0.2) is 0 Å². The van der Waals surface area contributed by atoms with Gasteiger partial charge in [0.2, 0.25) is 0 Å². The van der Waals surface area contributed by atoms with Crippen LogP contribution in [0.25, 0.3) is 0 Å². The van der Waals surface area contributed by atoms with Crippen molar-refractivity contribution in [1.29, 1.82) is 5.26 Å². The number of carbonyl (C=O) groups is 1. The average molecular weight is 251 g/mol. The molecule has 0 spiro atoms. The number of phenols is 1. The molecule has 0 bridgehead atoms. The molecule has 1 rings (SSSR count). The summed E-state index contributed by atoms with van der Waals surface area (Å²) in [5.74, 6) is -0.323. The first-order chi connectivity index (χ1) is 8.54. The number of nitriles is 1. The van der Waals surface area contributed by atoms with Gasteiger partial charge in [-0.15, -0.1) is 0 Å². The van der Waals surface area contributed by atoms with Gasteiger partial charge in [-0.3, -0.25) is 4.79 Å². The fourth-order valence-electron chi connectivity index (χ4n) is 1.50. The zero-order valence-corrected chi connectivity index (χ0v) is 9.70. The minimum Gasteiger partial charge on any atom is -0.504 e. The summed E-state index contributed by atoms with van der Waals surface area (Å²) in [6.45, 7) is 0. The highest BCUT2D eigenvalue weighted by Crippen LogP contribution is 2.33. The van der Waals surface area contributed by atoms with E-state index in [0.717, 1.165) is 0 Å². The topological polar surface area (TPSA) is 111 Å². The largest absolute Gasteiger partial charge is 0.504 e. The molecule has 18 heavy (non-hydrogen) atoms. The van der Waals surface area contributed by atoms with Crippen molar-refractivity contribution in [2.24, 2.45) is 0 Å². The Labute approximate surface area is 104 Å². The van der Waals surface area contributed by atoms with Gasteiger partial charge in [-0.05, 0) is 17.7 Å². The predicted octanol–water partition coefficient (Wildman–Crippen LogP) is 0.521. The monoisotopic (exact) mass is 251 g/mol. The van der Waals surface area contributed by atoms with Crippen molar-refractivity contribution in [3.8, 4) is 17.6 Å². The van der Waals surface area contributed by atoms with E-state index in [2.05, 4.69) is 0 Å². The molecule has 0 saturated heterocycles. The van der Waals surface area contributed by atoms with Gasteiger partial charge in [0, 0.05) is 0 Å². The van der Waals surface area contributed by atoms with E-state index in [1.165, 1.54) is 19.2 Å². The molecule has 2 unspecified atom stereocenters. The second kappa shape index (κ2) is 6.00. The van der Waals surface area contributed by atoms with Crippen LogP contribution in [0.4, 0.5) is 0 Å². The third kappa shape index (κ3) is 2.77. The number of aldehydes is 1. The molecule has 0 heterocycles. The Bertz CT molecular complexity index is 480. The number of benzene rings is 1. The van der Waals surface area contributed by atoms with Gasteiger partial charge >= 0.3 is 0 Å². The van der Waals surface area contributed by atoms with Crippen molar-refractivity contribution in [3.05, 3.63) is 23.3 Å². The third-order valence-electron chi connectivity index (χ3n) is 2.48. The first-order valence-corrected chi connectivity index (χ1v) is 5.14. The van der Waals surface area contributed by atoms with E-state index in [0.29, 0.717) is 6.29 Å². The van der Waals surface area contributed by atoms with Crippen LogP contribution in [-0.4, -0.2) is 34.8 Å². The Morgan fingerprint density at radius 2 is 2.17 bits per heavy atom. The molecule has 0 fully saturated rings. The smallest absolute Gasteiger partial charge is 0.168 e. The van der Waals surface area contributed by atoms with Gasteiger partial charge in [0.1, 0.15) is 6.10 Å². The molecule has 96 valence electrons. The number of ether oxygens (including phenoxy) is 1. The van der Waals surface area contributed by atoms with E-state index in [4.69, 9.17) is 10.00 Å². The normalized spacial score (nSPS) is 13.4. The maximum atomic E-state index is 10.8. The summed E-state index contributed by atoms with van der Waals surface area (Å²) < 4.78 is 4.85. The van der Waals surface area contributed by atoms with E-state index in [1.807, 2.05) is 0 Å². The van der Waals surface area contributed by atoms with Crippen molar-refractivity contribution >= 4 is 6.29 Å². The number of carbonyl (C=O) groups excluding carboxylic acids is 1. The van der Waals surface area contributed by atoms with Crippen molar-refractivity contribution in [2.45, 2.75) is 18.6 Å². The second-order valence-electron chi connectivity index (χ2n) is 3.65. The number of nitrogens with zero attached hydrogens (tertiary/aromatic N) is 1. The van der Waals surface area contributed by atoms with Crippen LogP contribution in [0.15, 0.2) is 12.1 Å². The van der Waals surface area contributed by atoms with Crippen LogP contribution in [0.5, 0.6) is 11.5 Å². The number of rotatable bonds is 5. The molecule has 0 aliphatic heterocycles. The minimum atomic E-state index is -1.34. The van der Waals surface area contributed by atoms with E-state index < -0.39 is 12.2 Å². The van der Waals surface area contributed by atoms with E-state index in [-0.39, 0.29) is 29.0 Å². The van der Waals surface area contributed by atoms with Gasteiger partial charge in [-0.2, -0.15) is 5.26 Å². The van der Waals surface area contributed by atoms with Crippen molar-refractivity contribution in [1.82, 2.24) is 0 Å². The van der Waals surface area contributed by atoms with Crippen molar-refractivity contribution in [3.63, 3.8) is 0 Å². The van der Waals surface area contributed by atoms with Gasteiger partial charge in [0.15, 0.2) is 17.8 Å². The van der Waals surface area contributed by atoms with E-state index >= 15 is 0 Å². The predicted molar refractivity (Wildman–Crippen MR) is 61.2 cm³/mol. The molecule has 0 saturated carbocycles. The molecule has 0 aliphatic rings. The summed E-state index contributed by atoms with van der Waals surface area (Å²) in [6, 6.07) is 4.26. The molecule has 0 aromatic heterocycles. The number of phenolic OH excluding ortho intramolecular Hbond substituents is 1. The first-order valence-electron chi connectivity index (χ1n) is 5.14. The van der Waals surface area contributed by atoms with Crippen molar-refractivity contribution in [2.75, 3.05) is 7.11 Å². The van der Waals surface area contributed by atoms with Crippen molar-refractivity contribution < 1.29 is 24.9 Å². The van der Waals surface area contributed by atoms with Crippen LogP contribution in [0, 0.1) is 11.3 Å². The summed E-state index contributed by atoms with van der Waals surface area (Å²) in [5.41, 5.74) is 0.127. The number of aliphatic hydroxyl groups excluding tert-OH is 2. The molecule has 1 aromatic rings. The van der Waals surface area contributed by atoms with Gasteiger partial charge in [0.05, 0.1) is 31.3 Å². The quantitative estimate of drug-likeness (QED) is 0.658. The lowest BCUT2D eigenvalue weighted by molar-refractivity contribution is 0.0214. The zero-order chi connectivity index (χ0) is 13.7. The van der Waals surface area contributed by atoms with Crippen LogP contribution in [-0.2, 0) is 0 Å². The Hall–Kier alpha value is -2.10. The molecular formula is C12H13NO5. The van der Waals surface area contributed by atoms with Crippen LogP contribution in [0.1, 0.15) is 28.4 Å². The molecule has 0 radical (unpaired) electrons. The Kier molecular flexibility index (Phi) is 4.66. The number of aromatic hydroxyl groups is 1. The molecule has 1 aromatic carbocycles. The Morgan fingerprint density at radius 1 is 1.50 bits per heavy atom. The number of hydrogen-bond donors (Lipinski definition) is 3. The van der Waals surface area contributed by atoms with Gasteiger partial charge < -0.3 is 20.1 Å². The summed E-state index contributed by atoms with van der Waals surface area (Å²) in [5, 5.41) is 37.3. The van der Waals surface area contributed by atoms with Crippen LogP contribution >= 0.6 is 0 Å². The lowest BCUT2D eigenvalue weighted by atomic mass is 9.99. The first kappa shape index (κ1) is 14.0. The van der Waals surface area contributed by atoms with E-state index in [9.17, 15) is 20.1 Å². The fraction of sp³-hybridized carbons (Fsp3) is 0.333. The molecule has 3 N–H and O–H groups in total. The standard InChI is InChI=1S/C12H13NO5/c1-18-10-5-7(4-8(6-14)12(10)17)11(16)9(15)2-3-13/h4-6,9,11,15-17H,2H2,1H3. The molecule has 2 atom stereocenters. The van der Waals surface area contributed by atoms with E-state index in [1.54, 1.807) is 6.07 Å². The number of methoxy groups -OCH3 is 1. The molecule has 0 amide bonds. The highest BCUT2D eigenvalue weighted by molar-refractivity contribution is 5.81. The third-order valence-corrected chi connectivity index (χ3v) is 2.48. The van der Waals surface area contributed by atoms with Crippen LogP contribution in [0.3, 0.4) is 0 Å². The van der Waals surface area contributed by atoms with Crippen LogP contribution in [0.2, 0.25) is 0 Å². The lowest BCUT2D eigenvalue weighted by Gasteiger charge is -2.17. The summed E-state index contributed by atoms with van der Waals surface area (Å²) >= 11 is 0. The number of aliphatic hydroxyl groups is 2. The SMILES string of the molecule is COc1cc(C(O)C(O)CC#N)cc(C=O)c1O. The second-order valence-corrected chi connectivity index (χ2v) is 3.65. The van der Waals surface area contributed by atoms with Crippen LogP contribution < -0.4 is 4.74 Å². The summed E-state index contributed by atoms with van der Waals surface area (Å²) in [4.78, 5) is 10.8. The fourth-order valence-corrected chi connectivity index (χ4v) is 1.50. The molecule has 6 heteroatoms.